The molecule has 0 bridgehead atoms. The van der Waals surface area contributed by atoms with Crippen LogP contribution in [0.3, 0.4) is 0 Å². The molecule has 2 atom stereocenters. The second-order valence-corrected chi connectivity index (χ2v) is 9.76. The SMILES string of the molecule is CC[C@H](C)NC(=O)[C@@H](Cc1ccccc1)N(Cc1cccc(Br)c1)C(=O)Cc1cccc(C)c1. The third-order valence-electron chi connectivity index (χ3n) is 5.95. The van der Waals surface area contributed by atoms with Gasteiger partial charge in [-0.2, -0.15) is 0 Å². The Morgan fingerprint density at radius 1 is 0.912 bits per heavy atom. The molecule has 0 unspecified atom stereocenters. The molecule has 0 aliphatic heterocycles. The number of hydrogen-bond acceptors (Lipinski definition) is 2. The van der Waals surface area contributed by atoms with Gasteiger partial charge in [0.25, 0.3) is 0 Å². The maximum atomic E-state index is 13.7. The number of aryl methyl sites for hydroxylation is 1. The summed E-state index contributed by atoms with van der Waals surface area (Å²) in [4.78, 5) is 29.0. The van der Waals surface area contributed by atoms with Crippen molar-refractivity contribution >= 4 is 27.7 Å². The summed E-state index contributed by atoms with van der Waals surface area (Å²) < 4.78 is 0.944. The van der Waals surface area contributed by atoms with Crippen LogP contribution in [0.15, 0.2) is 83.3 Å². The van der Waals surface area contributed by atoms with Crippen molar-refractivity contribution in [2.75, 3.05) is 0 Å². The van der Waals surface area contributed by atoms with Crippen LogP contribution < -0.4 is 5.32 Å². The monoisotopic (exact) mass is 520 g/mol. The van der Waals surface area contributed by atoms with Crippen LogP contribution in [0, 0.1) is 6.92 Å². The van der Waals surface area contributed by atoms with E-state index in [-0.39, 0.29) is 24.3 Å². The van der Waals surface area contributed by atoms with Crippen LogP contribution in [0.5, 0.6) is 0 Å². The van der Waals surface area contributed by atoms with Gasteiger partial charge in [-0.05, 0) is 49.1 Å². The van der Waals surface area contributed by atoms with Gasteiger partial charge in [-0.1, -0.05) is 95.1 Å². The van der Waals surface area contributed by atoms with Crippen LogP contribution in [-0.4, -0.2) is 28.8 Å². The van der Waals surface area contributed by atoms with E-state index in [1.807, 2.05) is 99.6 Å². The molecule has 0 saturated heterocycles. The van der Waals surface area contributed by atoms with Gasteiger partial charge in [0, 0.05) is 23.5 Å². The summed E-state index contributed by atoms with van der Waals surface area (Å²) >= 11 is 3.53. The Balaban J connectivity index is 1.97. The maximum Gasteiger partial charge on any atom is 0.243 e. The Labute approximate surface area is 211 Å². The molecular weight excluding hydrogens is 488 g/mol. The Kier molecular flexibility index (Phi) is 9.46. The highest BCUT2D eigenvalue weighted by Crippen LogP contribution is 2.19. The number of rotatable bonds is 10. The van der Waals surface area contributed by atoms with E-state index < -0.39 is 6.04 Å². The quantitative estimate of drug-likeness (QED) is 0.364. The van der Waals surface area contributed by atoms with Crippen molar-refractivity contribution in [3.8, 4) is 0 Å². The second kappa shape index (κ2) is 12.5. The van der Waals surface area contributed by atoms with Crippen molar-refractivity contribution in [3.63, 3.8) is 0 Å². The molecule has 0 spiro atoms. The molecule has 0 aromatic heterocycles. The fraction of sp³-hybridized carbons (Fsp3) is 0.310. The van der Waals surface area contributed by atoms with E-state index in [4.69, 9.17) is 0 Å². The largest absolute Gasteiger partial charge is 0.352 e. The molecule has 3 aromatic rings. The van der Waals surface area contributed by atoms with E-state index in [0.717, 1.165) is 33.1 Å². The standard InChI is InChI=1S/C29H33BrN2O2/c1-4-22(3)31-29(34)27(18-23-11-6-5-7-12-23)32(20-25-14-9-15-26(30)17-25)28(33)19-24-13-8-10-21(2)16-24/h5-17,22,27H,4,18-20H2,1-3H3,(H,31,34)/t22-,27+/m0/s1. The van der Waals surface area contributed by atoms with Gasteiger partial charge in [-0.3, -0.25) is 9.59 Å². The van der Waals surface area contributed by atoms with Crippen LogP contribution in [0.4, 0.5) is 0 Å². The lowest BCUT2D eigenvalue weighted by Gasteiger charge is -2.32. The van der Waals surface area contributed by atoms with Crippen molar-refractivity contribution < 1.29 is 9.59 Å². The fourth-order valence-electron chi connectivity index (χ4n) is 3.93. The van der Waals surface area contributed by atoms with Crippen molar-refractivity contribution in [2.24, 2.45) is 0 Å². The topological polar surface area (TPSA) is 49.4 Å². The molecule has 0 saturated carbocycles. The molecule has 0 heterocycles. The van der Waals surface area contributed by atoms with Crippen molar-refractivity contribution in [1.29, 1.82) is 0 Å². The van der Waals surface area contributed by atoms with Gasteiger partial charge in [0.2, 0.25) is 11.8 Å². The number of hydrogen-bond donors (Lipinski definition) is 1. The predicted octanol–water partition coefficient (Wildman–Crippen LogP) is 5.85. The summed E-state index contributed by atoms with van der Waals surface area (Å²) in [7, 11) is 0. The molecule has 5 heteroatoms. The lowest BCUT2D eigenvalue weighted by Crippen LogP contribution is -2.52. The predicted molar refractivity (Wildman–Crippen MR) is 141 cm³/mol. The Hall–Kier alpha value is -2.92. The zero-order valence-electron chi connectivity index (χ0n) is 20.1. The molecule has 0 radical (unpaired) electrons. The first-order valence-corrected chi connectivity index (χ1v) is 12.6. The molecule has 2 amide bonds. The van der Waals surface area contributed by atoms with Gasteiger partial charge in [0.1, 0.15) is 6.04 Å². The number of halogens is 1. The molecule has 3 aromatic carbocycles. The molecule has 4 nitrogen and oxygen atoms in total. The summed E-state index contributed by atoms with van der Waals surface area (Å²) in [6.07, 6.45) is 1.53. The van der Waals surface area contributed by atoms with Gasteiger partial charge >= 0.3 is 0 Å². The van der Waals surface area contributed by atoms with E-state index in [1.165, 1.54) is 0 Å². The van der Waals surface area contributed by atoms with Crippen LogP contribution in [-0.2, 0) is 29.0 Å². The van der Waals surface area contributed by atoms with Crippen LogP contribution in [0.25, 0.3) is 0 Å². The van der Waals surface area contributed by atoms with Crippen molar-refractivity contribution in [3.05, 3.63) is 106 Å². The van der Waals surface area contributed by atoms with Crippen LogP contribution >= 0.6 is 15.9 Å². The van der Waals surface area contributed by atoms with Gasteiger partial charge in [0.05, 0.1) is 6.42 Å². The van der Waals surface area contributed by atoms with Crippen molar-refractivity contribution in [1.82, 2.24) is 10.2 Å². The molecule has 178 valence electrons. The summed E-state index contributed by atoms with van der Waals surface area (Å²) in [5, 5.41) is 3.11. The highest BCUT2D eigenvalue weighted by molar-refractivity contribution is 9.10. The fourth-order valence-corrected chi connectivity index (χ4v) is 4.37. The van der Waals surface area contributed by atoms with E-state index in [1.54, 1.807) is 4.90 Å². The first-order chi connectivity index (χ1) is 16.4. The number of amides is 2. The van der Waals surface area contributed by atoms with Gasteiger partial charge in [-0.15, -0.1) is 0 Å². The Morgan fingerprint density at radius 3 is 2.26 bits per heavy atom. The third-order valence-corrected chi connectivity index (χ3v) is 6.45. The Bertz CT molecular complexity index is 1100. The number of nitrogens with zero attached hydrogens (tertiary/aromatic N) is 1. The average Bonchev–Trinajstić information content (AvgIpc) is 2.81. The zero-order chi connectivity index (χ0) is 24.5. The minimum absolute atomic E-state index is 0.0327. The Morgan fingerprint density at radius 2 is 1.59 bits per heavy atom. The minimum Gasteiger partial charge on any atom is -0.352 e. The zero-order valence-corrected chi connectivity index (χ0v) is 21.7. The van der Waals surface area contributed by atoms with E-state index in [0.29, 0.717) is 13.0 Å². The molecule has 0 aliphatic rings. The van der Waals surface area contributed by atoms with Gasteiger partial charge in [0.15, 0.2) is 0 Å². The average molecular weight is 521 g/mol. The lowest BCUT2D eigenvalue weighted by atomic mass is 10.0. The number of benzene rings is 3. The normalized spacial score (nSPS) is 12.6. The molecule has 3 rings (SSSR count). The van der Waals surface area contributed by atoms with Gasteiger partial charge < -0.3 is 10.2 Å². The summed E-state index contributed by atoms with van der Waals surface area (Å²) in [5.74, 6) is -0.184. The number of nitrogens with one attached hydrogen (secondary N) is 1. The van der Waals surface area contributed by atoms with Crippen LogP contribution in [0.2, 0.25) is 0 Å². The van der Waals surface area contributed by atoms with Crippen molar-refractivity contribution in [2.45, 2.75) is 58.7 Å². The van der Waals surface area contributed by atoms with Gasteiger partial charge in [-0.25, -0.2) is 0 Å². The lowest BCUT2D eigenvalue weighted by molar-refractivity contribution is -0.141. The molecule has 34 heavy (non-hydrogen) atoms. The summed E-state index contributed by atoms with van der Waals surface area (Å²) in [6, 6.07) is 25.2. The third kappa shape index (κ3) is 7.56. The summed E-state index contributed by atoms with van der Waals surface area (Å²) in [5.41, 5.74) is 4.06. The first kappa shape index (κ1) is 25.7. The highest BCUT2D eigenvalue weighted by atomic mass is 79.9. The maximum absolute atomic E-state index is 13.7. The molecule has 0 fully saturated rings. The molecular formula is C29H33BrN2O2. The second-order valence-electron chi connectivity index (χ2n) is 8.84. The van der Waals surface area contributed by atoms with Crippen LogP contribution in [0.1, 0.15) is 42.5 Å². The first-order valence-electron chi connectivity index (χ1n) is 11.8. The number of carbonyl (C=O) groups is 2. The van der Waals surface area contributed by atoms with E-state index in [2.05, 4.69) is 21.2 Å². The minimum atomic E-state index is -0.618. The highest BCUT2D eigenvalue weighted by Gasteiger charge is 2.31. The molecule has 1 N–H and O–H groups in total. The summed E-state index contributed by atoms with van der Waals surface area (Å²) in [6.45, 7) is 6.41. The smallest absolute Gasteiger partial charge is 0.243 e. The molecule has 0 aliphatic carbocycles. The van der Waals surface area contributed by atoms with E-state index >= 15 is 0 Å². The number of carbonyl (C=O) groups excluding carboxylic acids is 2. The van der Waals surface area contributed by atoms with E-state index in [9.17, 15) is 9.59 Å².